The minimum absolute atomic E-state index is 0.407. The van der Waals surface area contributed by atoms with Crippen molar-refractivity contribution in [2.45, 2.75) is 39.7 Å². The Morgan fingerprint density at radius 1 is 1.26 bits per heavy atom. The maximum absolute atomic E-state index is 4.63. The van der Waals surface area contributed by atoms with E-state index in [1.807, 2.05) is 29.7 Å². The fourth-order valence-electron chi connectivity index (χ4n) is 2.11. The van der Waals surface area contributed by atoms with Gasteiger partial charge in [-0.05, 0) is 32.5 Å². The molecule has 0 aliphatic rings. The molecular weight excluding hydrogens is 254 g/mol. The van der Waals surface area contributed by atoms with Crippen LogP contribution in [-0.2, 0) is 12.8 Å². The van der Waals surface area contributed by atoms with Gasteiger partial charge in [0.15, 0.2) is 0 Å². The van der Waals surface area contributed by atoms with Gasteiger partial charge in [-0.25, -0.2) is 4.98 Å². The van der Waals surface area contributed by atoms with Crippen molar-refractivity contribution in [3.05, 3.63) is 45.7 Å². The average Bonchev–Trinajstić information content (AvgIpc) is 2.70. The summed E-state index contributed by atoms with van der Waals surface area (Å²) in [7, 11) is 0. The fraction of sp³-hybridized carbons (Fsp3) is 0.467. The molecule has 0 bridgehead atoms. The average molecular weight is 275 g/mol. The fourth-order valence-corrected chi connectivity index (χ4v) is 3.13. The molecule has 3 nitrogen and oxygen atoms in total. The highest BCUT2D eigenvalue weighted by molar-refractivity contribution is 7.11. The van der Waals surface area contributed by atoms with Crippen LogP contribution in [0.1, 0.15) is 28.2 Å². The van der Waals surface area contributed by atoms with Crippen molar-refractivity contribution in [1.29, 1.82) is 0 Å². The number of likely N-dealkylation sites (N-methyl/N-ethyl adjacent to an activating group) is 1. The molecule has 2 rings (SSSR count). The molecule has 0 saturated carbocycles. The van der Waals surface area contributed by atoms with Gasteiger partial charge in [0.1, 0.15) is 0 Å². The van der Waals surface area contributed by atoms with E-state index < -0.39 is 0 Å². The molecule has 1 unspecified atom stereocenters. The van der Waals surface area contributed by atoms with Gasteiger partial charge in [0, 0.05) is 35.7 Å². The Morgan fingerprint density at radius 3 is 2.68 bits per heavy atom. The number of rotatable bonds is 6. The Labute approximate surface area is 119 Å². The Morgan fingerprint density at radius 2 is 2.11 bits per heavy atom. The van der Waals surface area contributed by atoms with E-state index in [9.17, 15) is 0 Å². The highest BCUT2D eigenvalue weighted by Gasteiger charge is 2.13. The summed E-state index contributed by atoms with van der Waals surface area (Å²) < 4.78 is 0. The summed E-state index contributed by atoms with van der Waals surface area (Å²) in [4.78, 5) is 10.4. The van der Waals surface area contributed by atoms with Crippen LogP contribution in [0.3, 0.4) is 0 Å². The number of pyridine rings is 1. The molecule has 0 aliphatic heterocycles. The van der Waals surface area contributed by atoms with E-state index in [0.717, 1.165) is 30.8 Å². The number of hydrogen-bond acceptors (Lipinski definition) is 4. The van der Waals surface area contributed by atoms with Crippen molar-refractivity contribution in [2.24, 2.45) is 0 Å². The summed E-state index contributed by atoms with van der Waals surface area (Å²) >= 11 is 1.81. The van der Waals surface area contributed by atoms with E-state index >= 15 is 0 Å². The lowest BCUT2D eigenvalue weighted by molar-refractivity contribution is 0.515. The first-order valence-electron chi connectivity index (χ1n) is 6.75. The Balaban J connectivity index is 2.03. The number of hydrogen-bond donors (Lipinski definition) is 1. The monoisotopic (exact) mass is 275 g/mol. The van der Waals surface area contributed by atoms with Gasteiger partial charge in [0.2, 0.25) is 0 Å². The van der Waals surface area contributed by atoms with E-state index in [2.05, 4.69) is 42.1 Å². The molecule has 0 saturated heterocycles. The Bertz CT molecular complexity index is 488. The van der Waals surface area contributed by atoms with Crippen molar-refractivity contribution in [1.82, 2.24) is 15.3 Å². The molecule has 19 heavy (non-hydrogen) atoms. The van der Waals surface area contributed by atoms with E-state index in [-0.39, 0.29) is 0 Å². The van der Waals surface area contributed by atoms with Crippen LogP contribution in [0.2, 0.25) is 0 Å². The second kappa shape index (κ2) is 6.78. The molecule has 0 amide bonds. The number of aromatic nitrogens is 2. The second-order valence-electron chi connectivity index (χ2n) is 4.73. The molecule has 0 radical (unpaired) electrons. The number of thiazole rings is 1. The molecule has 2 heterocycles. The zero-order valence-corrected chi connectivity index (χ0v) is 12.6. The predicted molar refractivity (Wildman–Crippen MR) is 80.7 cm³/mol. The standard InChI is InChI=1S/C15H21N3S/c1-4-16-14(9-13-7-5-6-8-17-13)10-15-18-11(2)12(3)19-15/h5-8,14,16H,4,9-10H2,1-3H3. The quantitative estimate of drug-likeness (QED) is 0.881. The number of aryl methyl sites for hydroxylation is 2. The molecule has 1 atom stereocenters. The first kappa shape index (κ1) is 14.2. The molecule has 4 heteroatoms. The summed E-state index contributed by atoms with van der Waals surface area (Å²) in [6.07, 6.45) is 3.78. The SMILES string of the molecule is CCNC(Cc1ccccn1)Cc1nc(C)c(C)s1. The van der Waals surface area contributed by atoms with Gasteiger partial charge in [-0.15, -0.1) is 11.3 Å². The molecule has 0 aromatic carbocycles. The van der Waals surface area contributed by atoms with E-state index in [1.54, 1.807) is 0 Å². The van der Waals surface area contributed by atoms with Gasteiger partial charge in [-0.3, -0.25) is 4.98 Å². The lowest BCUT2D eigenvalue weighted by Crippen LogP contribution is -2.33. The van der Waals surface area contributed by atoms with Crippen LogP contribution in [0.5, 0.6) is 0 Å². The number of nitrogens with one attached hydrogen (secondary N) is 1. The van der Waals surface area contributed by atoms with Gasteiger partial charge in [0.25, 0.3) is 0 Å². The normalized spacial score (nSPS) is 12.6. The molecule has 2 aromatic rings. The number of nitrogens with zero attached hydrogens (tertiary/aromatic N) is 2. The molecule has 0 fully saturated rings. The smallest absolute Gasteiger partial charge is 0.0946 e. The molecular formula is C15H21N3S. The summed E-state index contributed by atoms with van der Waals surface area (Å²) in [5.74, 6) is 0. The molecule has 2 aromatic heterocycles. The minimum Gasteiger partial charge on any atom is -0.313 e. The van der Waals surface area contributed by atoms with E-state index in [0.29, 0.717) is 6.04 Å². The van der Waals surface area contributed by atoms with Gasteiger partial charge in [0.05, 0.1) is 10.7 Å². The van der Waals surface area contributed by atoms with Crippen LogP contribution in [0.15, 0.2) is 24.4 Å². The first-order valence-corrected chi connectivity index (χ1v) is 7.57. The maximum atomic E-state index is 4.63. The van der Waals surface area contributed by atoms with Gasteiger partial charge < -0.3 is 5.32 Å². The second-order valence-corrected chi connectivity index (χ2v) is 6.02. The van der Waals surface area contributed by atoms with Crippen molar-refractivity contribution < 1.29 is 0 Å². The zero-order chi connectivity index (χ0) is 13.7. The first-order chi connectivity index (χ1) is 9.19. The van der Waals surface area contributed by atoms with Crippen LogP contribution in [0, 0.1) is 13.8 Å². The zero-order valence-electron chi connectivity index (χ0n) is 11.8. The topological polar surface area (TPSA) is 37.8 Å². The lowest BCUT2D eigenvalue weighted by Gasteiger charge is -2.16. The van der Waals surface area contributed by atoms with Gasteiger partial charge in [-0.1, -0.05) is 13.0 Å². The van der Waals surface area contributed by atoms with Crippen molar-refractivity contribution in [2.75, 3.05) is 6.54 Å². The van der Waals surface area contributed by atoms with E-state index in [1.165, 1.54) is 9.88 Å². The maximum Gasteiger partial charge on any atom is 0.0946 e. The molecule has 0 spiro atoms. The van der Waals surface area contributed by atoms with Crippen molar-refractivity contribution in [3.8, 4) is 0 Å². The molecule has 0 aliphatic carbocycles. The summed E-state index contributed by atoms with van der Waals surface area (Å²) in [5, 5.41) is 4.75. The third kappa shape index (κ3) is 4.11. The summed E-state index contributed by atoms with van der Waals surface area (Å²) in [5.41, 5.74) is 2.30. The Kier molecular flexibility index (Phi) is 5.05. The molecule has 1 N–H and O–H groups in total. The van der Waals surface area contributed by atoms with Crippen LogP contribution < -0.4 is 5.32 Å². The largest absolute Gasteiger partial charge is 0.313 e. The van der Waals surface area contributed by atoms with Crippen LogP contribution in [0.4, 0.5) is 0 Å². The highest BCUT2D eigenvalue weighted by Crippen LogP contribution is 2.18. The highest BCUT2D eigenvalue weighted by atomic mass is 32.1. The van der Waals surface area contributed by atoms with Crippen LogP contribution >= 0.6 is 11.3 Å². The summed E-state index contributed by atoms with van der Waals surface area (Å²) in [6.45, 7) is 7.33. The third-order valence-electron chi connectivity index (χ3n) is 3.17. The molecule has 102 valence electrons. The van der Waals surface area contributed by atoms with Crippen molar-refractivity contribution in [3.63, 3.8) is 0 Å². The van der Waals surface area contributed by atoms with Gasteiger partial charge >= 0.3 is 0 Å². The van der Waals surface area contributed by atoms with Gasteiger partial charge in [-0.2, -0.15) is 0 Å². The Hall–Kier alpha value is -1.26. The van der Waals surface area contributed by atoms with E-state index in [4.69, 9.17) is 0 Å². The minimum atomic E-state index is 0.407. The lowest BCUT2D eigenvalue weighted by atomic mass is 10.1. The van der Waals surface area contributed by atoms with Crippen molar-refractivity contribution >= 4 is 11.3 Å². The third-order valence-corrected chi connectivity index (χ3v) is 4.26. The van der Waals surface area contributed by atoms with Crippen LogP contribution in [0.25, 0.3) is 0 Å². The summed E-state index contributed by atoms with van der Waals surface area (Å²) in [6, 6.07) is 6.50. The predicted octanol–water partition coefficient (Wildman–Crippen LogP) is 2.92. The van der Waals surface area contributed by atoms with Crippen LogP contribution in [-0.4, -0.2) is 22.6 Å².